The summed E-state index contributed by atoms with van der Waals surface area (Å²) in [6.45, 7) is 0. The predicted octanol–water partition coefficient (Wildman–Crippen LogP) is 3.29. The van der Waals surface area contributed by atoms with Crippen molar-refractivity contribution in [2.45, 2.75) is 0 Å². The second-order valence-corrected chi connectivity index (χ2v) is 6.06. The molecular weight excluding hydrogens is 326 g/mol. The van der Waals surface area contributed by atoms with Crippen LogP contribution in [0.1, 0.15) is 5.56 Å². The number of thiazole rings is 1. The van der Waals surface area contributed by atoms with Crippen molar-refractivity contribution in [2.75, 3.05) is 0 Å². The van der Waals surface area contributed by atoms with Gasteiger partial charge in [0.25, 0.3) is 11.6 Å². The van der Waals surface area contributed by atoms with Gasteiger partial charge in [-0.05, 0) is 23.8 Å². The smallest absolute Gasteiger partial charge is 0.272 e. The molecular formula is C17H13N3O3S. The molecule has 0 N–H and O–H groups in total. The highest BCUT2D eigenvalue weighted by molar-refractivity contribution is 7.16. The van der Waals surface area contributed by atoms with Crippen molar-refractivity contribution in [1.82, 2.24) is 4.57 Å². The summed E-state index contributed by atoms with van der Waals surface area (Å²) in [4.78, 5) is 27.0. The van der Waals surface area contributed by atoms with E-state index in [1.54, 1.807) is 12.1 Å². The Morgan fingerprint density at radius 2 is 2.04 bits per heavy atom. The van der Waals surface area contributed by atoms with Crippen LogP contribution < -0.4 is 4.80 Å². The number of carbonyl (C=O) groups is 1. The van der Waals surface area contributed by atoms with E-state index in [1.165, 1.54) is 35.6 Å². The van der Waals surface area contributed by atoms with Crippen molar-refractivity contribution in [3.05, 3.63) is 75.1 Å². The summed E-state index contributed by atoms with van der Waals surface area (Å²) in [5.41, 5.74) is 1.57. The fraction of sp³-hybridized carbons (Fsp3) is 0.0588. The Bertz CT molecular complexity index is 1030. The number of aromatic nitrogens is 1. The number of rotatable bonds is 3. The number of nitro benzene ring substituents is 1. The fourth-order valence-corrected chi connectivity index (χ4v) is 3.25. The van der Waals surface area contributed by atoms with Crippen molar-refractivity contribution in [1.29, 1.82) is 0 Å². The van der Waals surface area contributed by atoms with Crippen LogP contribution in [0.2, 0.25) is 0 Å². The molecule has 0 saturated carbocycles. The molecule has 0 unspecified atom stereocenters. The highest BCUT2D eigenvalue weighted by Gasteiger charge is 2.05. The Morgan fingerprint density at radius 1 is 1.25 bits per heavy atom. The van der Waals surface area contributed by atoms with E-state index in [9.17, 15) is 14.9 Å². The van der Waals surface area contributed by atoms with Gasteiger partial charge in [0.05, 0.1) is 15.1 Å². The highest BCUT2D eigenvalue weighted by Crippen LogP contribution is 2.16. The molecule has 0 atom stereocenters. The van der Waals surface area contributed by atoms with Crippen molar-refractivity contribution in [3.8, 4) is 0 Å². The lowest BCUT2D eigenvalue weighted by Gasteiger charge is -1.94. The van der Waals surface area contributed by atoms with E-state index in [1.807, 2.05) is 35.9 Å². The minimum absolute atomic E-state index is 0.0163. The van der Waals surface area contributed by atoms with E-state index in [0.717, 1.165) is 10.2 Å². The van der Waals surface area contributed by atoms with E-state index >= 15 is 0 Å². The summed E-state index contributed by atoms with van der Waals surface area (Å²) in [6, 6.07) is 13.9. The Labute approximate surface area is 141 Å². The molecule has 1 heterocycles. The summed E-state index contributed by atoms with van der Waals surface area (Å²) >= 11 is 1.43. The second-order valence-electron chi connectivity index (χ2n) is 5.05. The third-order valence-electron chi connectivity index (χ3n) is 3.42. The van der Waals surface area contributed by atoms with Gasteiger partial charge in [-0.1, -0.05) is 35.6 Å². The van der Waals surface area contributed by atoms with E-state index in [4.69, 9.17) is 0 Å². The number of nitro groups is 1. The average Bonchev–Trinajstić information content (AvgIpc) is 2.89. The van der Waals surface area contributed by atoms with Crippen LogP contribution in [0.25, 0.3) is 16.3 Å². The molecule has 3 rings (SSSR count). The van der Waals surface area contributed by atoms with E-state index in [2.05, 4.69) is 4.99 Å². The molecule has 120 valence electrons. The van der Waals surface area contributed by atoms with Gasteiger partial charge in [-0.2, -0.15) is 4.99 Å². The zero-order chi connectivity index (χ0) is 17.1. The first kappa shape index (κ1) is 15.8. The molecule has 0 radical (unpaired) electrons. The molecule has 0 saturated heterocycles. The summed E-state index contributed by atoms with van der Waals surface area (Å²) in [6.07, 6.45) is 2.83. The minimum atomic E-state index is -0.471. The number of fused-ring (bicyclic) bond motifs is 1. The number of nitrogens with zero attached hydrogens (tertiary/aromatic N) is 3. The summed E-state index contributed by atoms with van der Waals surface area (Å²) in [5.74, 6) is -0.413. The molecule has 24 heavy (non-hydrogen) atoms. The van der Waals surface area contributed by atoms with Crippen molar-refractivity contribution in [2.24, 2.45) is 12.0 Å². The molecule has 0 aliphatic carbocycles. The van der Waals surface area contributed by atoms with Gasteiger partial charge in [0, 0.05) is 25.3 Å². The van der Waals surface area contributed by atoms with Crippen LogP contribution in [0.15, 0.2) is 59.6 Å². The number of para-hydroxylation sites is 1. The van der Waals surface area contributed by atoms with Crippen LogP contribution in [0.4, 0.5) is 5.69 Å². The number of aryl methyl sites for hydroxylation is 1. The third kappa shape index (κ3) is 3.31. The van der Waals surface area contributed by atoms with Crippen LogP contribution in [0.5, 0.6) is 0 Å². The van der Waals surface area contributed by atoms with E-state index in [-0.39, 0.29) is 5.69 Å². The Morgan fingerprint density at radius 3 is 2.79 bits per heavy atom. The Hall–Kier alpha value is -3.06. The maximum absolute atomic E-state index is 12.0. The number of carbonyl (C=O) groups excluding carboxylic acids is 1. The maximum atomic E-state index is 12.0. The molecule has 0 aliphatic rings. The van der Waals surface area contributed by atoms with Crippen LogP contribution in [0.3, 0.4) is 0 Å². The lowest BCUT2D eigenvalue weighted by molar-refractivity contribution is -0.384. The van der Waals surface area contributed by atoms with Gasteiger partial charge in [0.15, 0.2) is 4.80 Å². The third-order valence-corrected chi connectivity index (χ3v) is 4.53. The molecule has 7 heteroatoms. The molecule has 3 aromatic rings. The van der Waals surface area contributed by atoms with E-state index < -0.39 is 10.8 Å². The molecule has 0 bridgehead atoms. The zero-order valence-electron chi connectivity index (χ0n) is 12.7. The van der Waals surface area contributed by atoms with Crippen molar-refractivity contribution in [3.63, 3.8) is 0 Å². The van der Waals surface area contributed by atoms with Crippen LogP contribution >= 0.6 is 11.3 Å². The SMILES string of the molecule is Cn1c(=NC(=O)/C=C/c2cccc([N+](=O)[O-])c2)sc2ccccc21. The van der Waals surface area contributed by atoms with Gasteiger partial charge in [-0.25, -0.2) is 0 Å². The monoisotopic (exact) mass is 339 g/mol. The first-order valence-corrected chi connectivity index (χ1v) is 7.92. The van der Waals surface area contributed by atoms with Crippen LogP contribution in [-0.2, 0) is 11.8 Å². The van der Waals surface area contributed by atoms with Crippen LogP contribution in [0, 0.1) is 10.1 Å². The molecule has 2 aromatic carbocycles. The normalized spacial score (nSPS) is 12.1. The zero-order valence-corrected chi connectivity index (χ0v) is 13.6. The Kier molecular flexibility index (Phi) is 4.35. The average molecular weight is 339 g/mol. The van der Waals surface area contributed by atoms with Crippen molar-refractivity contribution < 1.29 is 9.72 Å². The lowest BCUT2D eigenvalue weighted by atomic mass is 10.2. The molecule has 0 fully saturated rings. The molecule has 0 spiro atoms. The highest BCUT2D eigenvalue weighted by atomic mass is 32.1. The topological polar surface area (TPSA) is 77.5 Å². The van der Waals surface area contributed by atoms with Gasteiger partial charge >= 0.3 is 0 Å². The fourth-order valence-electron chi connectivity index (χ4n) is 2.23. The molecule has 6 nitrogen and oxygen atoms in total. The van der Waals surface area contributed by atoms with Gasteiger partial charge < -0.3 is 4.57 Å². The summed E-state index contributed by atoms with van der Waals surface area (Å²) in [5, 5.41) is 10.7. The maximum Gasteiger partial charge on any atom is 0.272 e. The number of hydrogen-bond acceptors (Lipinski definition) is 4. The quantitative estimate of drug-likeness (QED) is 0.417. The van der Waals surface area contributed by atoms with Crippen LogP contribution in [-0.4, -0.2) is 15.4 Å². The molecule has 1 aromatic heterocycles. The number of non-ortho nitro benzene ring substituents is 1. The number of amides is 1. The van der Waals surface area contributed by atoms with Gasteiger partial charge in [-0.3, -0.25) is 14.9 Å². The van der Waals surface area contributed by atoms with Gasteiger partial charge in [0.2, 0.25) is 0 Å². The molecule has 1 amide bonds. The van der Waals surface area contributed by atoms with E-state index in [0.29, 0.717) is 10.4 Å². The largest absolute Gasteiger partial charge is 0.319 e. The van der Waals surface area contributed by atoms with Crippen molar-refractivity contribution >= 4 is 39.2 Å². The van der Waals surface area contributed by atoms with Gasteiger partial charge in [0.1, 0.15) is 0 Å². The number of benzene rings is 2. The summed E-state index contributed by atoms with van der Waals surface area (Å²) in [7, 11) is 1.86. The minimum Gasteiger partial charge on any atom is -0.319 e. The van der Waals surface area contributed by atoms with Gasteiger partial charge in [-0.15, -0.1) is 0 Å². The first-order valence-electron chi connectivity index (χ1n) is 7.10. The Balaban J connectivity index is 1.88. The first-order chi connectivity index (χ1) is 11.5. The molecule has 0 aliphatic heterocycles. The second kappa shape index (κ2) is 6.59. The standard InChI is InChI=1S/C17H13N3O3S/c1-19-14-7-2-3-8-15(14)24-17(19)18-16(21)10-9-12-5-4-6-13(11-12)20(22)23/h2-11H,1H3/b10-9+,18-17?. The predicted molar refractivity (Wildman–Crippen MR) is 93.5 cm³/mol. The number of hydrogen-bond donors (Lipinski definition) is 0. The lowest BCUT2D eigenvalue weighted by Crippen LogP contribution is -2.12. The summed E-state index contributed by atoms with van der Waals surface area (Å²) < 4.78 is 2.91.